The Bertz CT molecular complexity index is 212. The van der Waals surface area contributed by atoms with Gasteiger partial charge in [0.05, 0.1) is 19.3 Å². The third-order valence-corrected chi connectivity index (χ3v) is 5.27. The molecule has 0 aromatic heterocycles. The normalized spacial score (nSPS) is 39.8. The van der Waals surface area contributed by atoms with Crippen molar-refractivity contribution in [2.75, 3.05) is 19.8 Å². The molecule has 3 fully saturated rings. The lowest BCUT2D eigenvalue weighted by molar-refractivity contribution is -0.187. The maximum atomic E-state index is 5.39. The standard InChI is InChI=1S/C8H16.C7H14O.C6H12O2.H2/c1-7-3-5-8(2)6-4-7;1-6-3-4-7(2)8-5-6;1-5-3-7-6(2)8-4-5;/h7-8H,3-6H2,1-2H3;6-7H,3-5H2,1-2H3;5-6H,3-4H2,1-2H3;1H. The van der Waals surface area contributed by atoms with Gasteiger partial charge in [0.1, 0.15) is 0 Å². The number of hydrogen-bond acceptors (Lipinski definition) is 3. The predicted molar refractivity (Wildman–Crippen MR) is 103 cm³/mol. The van der Waals surface area contributed by atoms with Gasteiger partial charge in [-0.05, 0) is 44.4 Å². The molecule has 2 saturated heterocycles. The summed E-state index contributed by atoms with van der Waals surface area (Å²) >= 11 is 0. The van der Waals surface area contributed by atoms with E-state index in [1.165, 1.54) is 38.5 Å². The summed E-state index contributed by atoms with van der Waals surface area (Å²) in [5, 5.41) is 0. The molecule has 0 aromatic rings. The Kier molecular flexibility index (Phi) is 11.2. The van der Waals surface area contributed by atoms with Crippen molar-refractivity contribution < 1.29 is 15.6 Å². The van der Waals surface area contributed by atoms with E-state index in [0.717, 1.165) is 37.6 Å². The van der Waals surface area contributed by atoms with E-state index >= 15 is 0 Å². The highest BCUT2D eigenvalue weighted by molar-refractivity contribution is 4.65. The van der Waals surface area contributed by atoms with E-state index in [0.29, 0.717) is 12.0 Å². The Morgan fingerprint density at radius 1 is 0.500 bits per heavy atom. The molecule has 0 N–H and O–H groups in total. The highest BCUT2D eigenvalue weighted by Crippen LogP contribution is 2.27. The molecule has 2 aliphatic heterocycles. The van der Waals surface area contributed by atoms with Crippen molar-refractivity contribution in [3.05, 3.63) is 0 Å². The van der Waals surface area contributed by atoms with Crippen molar-refractivity contribution in [1.29, 1.82) is 0 Å². The summed E-state index contributed by atoms with van der Waals surface area (Å²) in [5.74, 6) is 3.41. The van der Waals surface area contributed by atoms with Crippen LogP contribution in [0.15, 0.2) is 0 Å². The molecule has 0 radical (unpaired) electrons. The molecule has 0 aromatic carbocycles. The van der Waals surface area contributed by atoms with Gasteiger partial charge < -0.3 is 14.2 Å². The third-order valence-electron chi connectivity index (χ3n) is 5.27. The quantitative estimate of drug-likeness (QED) is 0.546. The van der Waals surface area contributed by atoms with Gasteiger partial charge in [-0.1, -0.05) is 53.4 Å². The average molecular weight is 345 g/mol. The van der Waals surface area contributed by atoms with Gasteiger partial charge in [-0.25, -0.2) is 0 Å². The Morgan fingerprint density at radius 2 is 0.917 bits per heavy atom. The van der Waals surface area contributed by atoms with E-state index in [9.17, 15) is 0 Å². The zero-order valence-corrected chi connectivity index (χ0v) is 17.1. The number of rotatable bonds is 0. The first kappa shape index (κ1) is 21.9. The summed E-state index contributed by atoms with van der Waals surface area (Å²) in [7, 11) is 0. The van der Waals surface area contributed by atoms with E-state index in [4.69, 9.17) is 14.2 Å². The Morgan fingerprint density at radius 3 is 1.25 bits per heavy atom. The first-order chi connectivity index (χ1) is 11.4. The van der Waals surface area contributed by atoms with Crippen molar-refractivity contribution in [2.45, 2.75) is 92.5 Å². The Hall–Kier alpha value is -0.120. The predicted octanol–water partition coefficient (Wildman–Crippen LogP) is 5.92. The SMILES string of the molecule is CC1CCC(C)CC1.CC1CCC(C)OC1.CC1COC(C)OC1.[HH]. The first-order valence-electron chi connectivity index (χ1n) is 10.2. The van der Waals surface area contributed by atoms with Crippen LogP contribution < -0.4 is 0 Å². The highest BCUT2D eigenvalue weighted by Gasteiger charge is 2.14. The van der Waals surface area contributed by atoms with Crippen LogP contribution in [-0.2, 0) is 14.2 Å². The summed E-state index contributed by atoms with van der Waals surface area (Å²) in [5.41, 5.74) is 0. The summed E-state index contributed by atoms with van der Waals surface area (Å²) < 4.78 is 15.7. The zero-order chi connectivity index (χ0) is 17.9. The molecule has 146 valence electrons. The van der Waals surface area contributed by atoms with Gasteiger partial charge in [0.2, 0.25) is 0 Å². The fourth-order valence-corrected chi connectivity index (χ4v) is 3.14. The van der Waals surface area contributed by atoms with Gasteiger partial charge in [0.25, 0.3) is 0 Å². The molecular weight excluding hydrogens is 300 g/mol. The lowest BCUT2D eigenvalue weighted by atomic mass is 9.84. The molecule has 3 aliphatic rings. The average Bonchev–Trinajstić information content (AvgIpc) is 2.57. The van der Waals surface area contributed by atoms with Gasteiger partial charge in [-0.2, -0.15) is 0 Å². The van der Waals surface area contributed by atoms with E-state index in [1.54, 1.807) is 0 Å². The molecule has 0 bridgehead atoms. The lowest BCUT2D eigenvalue weighted by Gasteiger charge is -2.24. The van der Waals surface area contributed by atoms with Crippen molar-refractivity contribution >= 4 is 0 Å². The number of ether oxygens (including phenoxy) is 3. The van der Waals surface area contributed by atoms with Crippen LogP contribution in [0.25, 0.3) is 0 Å². The fraction of sp³-hybridized carbons (Fsp3) is 1.00. The topological polar surface area (TPSA) is 27.7 Å². The Balaban J connectivity index is 0.000000339. The lowest BCUT2D eigenvalue weighted by Crippen LogP contribution is -2.27. The number of hydrogen-bond donors (Lipinski definition) is 0. The van der Waals surface area contributed by atoms with Crippen LogP contribution in [0.5, 0.6) is 0 Å². The minimum atomic E-state index is 0. The molecule has 1 saturated carbocycles. The summed E-state index contributed by atoms with van der Waals surface area (Å²) in [6.07, 6.45) is 9.03. The van der Waals surface area contributed by atoms with Crippen LogP contribution in [-0.4, -0.2) is 32.2 Å². The van der Waals surface area contributed by atoms with Gasteiger partial charge >= 0.3 is 0 Å². The van der Waals surface area contributed by atoms with Gasteiger partial charge in [0, 0.05) is 14.0 Å². The monoisotopic (exact) mass is 344 g/mol. The van der Waals surface area contributed by atoms with Gasteiger partial charge in [0.15, 0.2) is 6.29 Å². The van der Waals surface area contributed by atoms with Crippen LogP contribution >= 0.6 is 0 Å². The largest absolute Gasteiger partial charge is 0.378 e. The smallest absolute Gasteiger partial charge is 0.154 e. The summed E-state index contributed by atoms with van der Waals surface area (Å²) in [6.45, 7) is 15.8. The molecule has 3 heteroatoms. The first-order valence-corrected chi connectivity index (χ1v) is 10.2. The van der Waals surface area contributed by atoms with Gasteiger partial charge in [-0.3, -0.25) is 0 Å². The second-order valence-electron chi connectivity index (χ2n) is 8.53. The molecule has 0 spiro atoms. The third kappa shape index (κ3) is 10.7. The molecule has 2 heterocycles. The van der Waals surface area contributed by atoms with E-state index < -0.39 is 0 Å². The second kappa shape index (κ2) is 12.3. The molecule has 3 nitrogen and oxygen atoms in total. The molecule has 2 unspecified atom stereocenters. The minimum absolute atomic E-state index is 0. The summed E-state index contributed by atoms with van der Waals surface area (Å²) in [4.78, 5) is 0. The molecule has 0 amide bonds. The van der Waals surface area contributed by atoms with Crippen molar-refractivity contribution in [2.24, 2.45) is 23.7 Å². The van der Waals surface area contributed by atoms with E-state index in [2.05, 4.69) is 34.6 Å². The van der Waals surface area contributed by atoms with E-state index in [-0.39, 0.29) is 7.72 Å². The maximum absolute atomic E-state index is 5.39. The molecule has 3 rings (SSSR count). The maximum Gasteiger partial charge on any atom is 0.154 e. The summed E-state index contributed by atoms with van der Waals surface area (Å²) in [6, 6.07) is 0. The molecule has 24 heavy (non-hydrogen) atoms. The minimum Gasteiger partial charge on any atom is -0.378 e. The Labute approximate surface area is 152 Å². The molecular formula is C21H44O3. The fourth-order valence-electron chi connectivity index (χ4n) is 3.14. The molecule has 1 aliphatic carbocycles. The van der Waals surface area contributed by atoms with Crippen molar-refractivity contribution in [1.82, 2.24) is 0 Å². The molecule has 2 atom stereocenters. The van der Waals surface area contributed by atoms with Gasteiger partial charge in [-0.15, -0.1) is 0 Å². The van der Waals surface area contributed by atoms with Crippen LogP contribution in [0.3, 0.4) is 0 Å². The van der Waals surface area contributed by atoms with Crippen LogP contribution in [0, 0.1) is 23.7 Å². The van der Waals surface area contributed by atoms with Crippen molar-refractivity contribution in [3.63, 3.8) is 0 Å². The highest BCUT2D eigenvalue weighted by atomic mass is 16.7. The zero-order valence-electron chi connectivity index (χ0n) is 17.1. The second-order valence-corrected chi connectivity index (χ2v) is 8.53. The van der Waals surface area contributed by atoms with Crippen LogP contribution in [0.4, 0.5) is 0 Å². The van der Waals surface area contributed by atoms with Crippen LogP contribution in [0.1, 0.15) is 81.5 Å². The van der Waals surface area contributed by atoms with Crippen molar-refractivity contribution in [3.8, 4) is 0 Å². The van der Waals surface area contributed by atoms with Crippen LogP contribution in [0.2, 0.25) is 0 Å². The van der Waals surface area contributed by atoms with E-state index in [1.807, 2.05) is 6.92 Å².